The van der Waals surface area contributed by atoms with Crippen LogP contribution >= 0.6 is 0 Å². The molecule has 7 nitrogen and oxygen atoms in total. The topological polar surface area (TPSA) is 86.8 Å². The van der Waals surface area contributed by atoms with Gasteiger partial charge < -0.3 is 9.80 Å². The van der Waals surface area contributed by atoms with Gasteiger partial charge in [-0.25, -0.2) is 8.42 Å². The quantitative estimate of drug-likeness (QED) is 0.680. The Morgan fingerprint density at radius 3 is 2.06 bits per heavy atom. The van der Waals surface area contributed by atoms with Crippen molar-refractivity contribution in [3.8, 4) is 12.3 Å². The van der Waals surface area contributed by atoms with Crippen molar-refractivity contribution < 1.29 is 18.0 Å². The Kier molecular flexibility index (Phi) is 7.33. The van der Waals surface area contributed by atoms with Gasteiger partial charge in [0.15, 0.2) is 0 Å². The molecule has 8 heteroatoms. The van der Waals surface area contributed by atoms with Crippen LogP contribution in [-0.2, 0) is 10.0 Å². The lowest BCUT2D eigenvalue weighted by Crippen LogP contribution is -2.50. The molecule has 1 aliphatic heterocycles. The van der Waals surface area contributed by atoms with E-state index in [1.54, 1.807) is 15.9 Å². The average Bonchev–Trinajstić information content (AvgIpc) is 2.82. The van der Waals surface area contributed by atoms with E-state index in [0.29, 0.717) is 37.7 Å². The molecule has 168 valence electrons. The zero-order valence-electron chi connectivity index (χ0n) is 18.2. The number of hydrogen-bond acceptors (Lipinski definition) is 4. The van der Waals surface area contributed by atoms with Crippen molar-refractivity contribution in [1.29, 1.82) is 0 Å². The monoisotopic (exact) mass is 453 g/mol. The van der Waals surface area contributed by atoms with E-state index in [4.69, 9.17) is 6.42 Å². The molecule has 0 radical (unpaired) electrons. The second kappa shape index (κ2) is 9.98. The zero-order chi connectivity index (χ0) is 23.3. The van der Waals surface area contributed by atoms with E-state index < -0.39 is 10.0 Å². The highest BCUT2D eigenvalue weighted by Gasteiger charge is 2.26. The summed E-state index contributed by atoms with van der Waals surface area (Å²) in [4.78, 5) is 29.1. The molecule has 0 aliphatic carbocycles. The van der Waals surface area contributed by atoms with Crippen molar-refractivity contribution in [3.63, 3.8) is 0 Å². The second-order valence-electron chi connectivity index (χ2n) is 7.92. The fourth-order valence-corrected chi connectivity index (χ4v) is 4.48. The summed E-state index contributed by atoms with van der Waals surface area (Å²) in [5.41, 5.74) is 2.08. The van der Waals surface area contributed by atoms with Gasteiger partial charge in [0, 0.05) is 37.3 Å². The van der Waals surface area contributed by atoms with Gasteiger partial charge in [0.05, 0.1) is 11.4 Å². The fraction of sp³-hybridized carbons (Fsp3) is 0.333. The highest BCUT2D eigenvalue weighted by atomic mass is 32.2. The first-order valence-electron chi connectivity index (χ1n) is 10.4. The van der Waals surface area contributed by atoms with E-state index in [-0.39, 0.29) is 28.8 Å². The molecule has 0 spiro atoms. The van der Waals surface area contributed by atoms with Crippen molar-refractivity contribution in [2.24, 2.45) is 0 Å². The molecule has 32 heavy (non-hydrogen) atoms. The number of rotatable bonds is 6. The number of carbonyl (C=O) groups excluding carboxylic acids is 2. The van der Waals surface area contributed by atoms with Crippen molar-refractivity contribution in [2.45, 2.75) is 24.7 Å². The molecule has 2 aromatic carbocycles. The summed E-state index contributed by atoms with van der Waals surface area (Å²) in [7, 11) is -3.78. The smallest absolute Gasteiger partial charge is 0.254 e. The number of nitrogens with one attached hydrogen (secondary N) is 1. The van der Waals surface area contributed by atoms with Gasteiger partial charge in [-0.2, -0.15) is 4.72 Å². The predicted molar refractivity (Wildman–Crippen MR) is 123 cm³/mol. The van der Waals surface area contributed by atoms with E-state index in [0.717, 1.165) is 0 Å². The number of carbonyl (C=O) groups is 2. The van der Waals surface area contributed by atoms with Gasteiger partial charge in [0.2, 0.25) is 10.0 Å². The Morgan fingerprint density at radius 2 is 1.53 bits per heavy atom. The van der Waals surface area contributed by atoms with Gasteiger partial charge in [-0.15, -0.1) is 6.42 Å². The lowest BCUT2D eigenvalue weighted by atomic mass is 10.0. The molecule has 1 saturated heterocycles. The number of amides is 2. The van der Waals surface area contributed by atoms with E-state index >= 15 is 0 Å². The number of terminal acetylenes is 1. The van der Waals surface area contributed by atoms with Gasteiger partial charge in [-0.3, -0.25) is 9.59 Å². The molecule has 1 N–H and O–H groups in total. The molecule has 0 atom stereocenters. The molecule has 0 saturated carbocycles. The minimum Gasteiger partial charge on any atom is -0.335 e. The number of nitrogens with zero attached hydrogens (tertiary/aromatic N) is 2. The normalized spacial score (nSPS) is 14.3. The van der Waals surface area contributed by atoms with E-state index in [1.165, 1.54) is 23.8 Å². The SMILES string of the molecule is C#CCNS(=O)(=O)c1cccc(C(=O)N2CCN(C(=O)c3ccc(C(C)C)cc3)CC2)c1. The maximum atomic E-state index is 12.9. The maximum Gasteiger partial charge on any atom is 0.254 e. The molecule has 0 unspecified atom stereocenters. The van der Waals surface area contributed by atoms with Crippen molar-refractivity contribution in [1.82, 2.24) is 14.5 Å². The highest BCUT2D eigenvalue weighted by molar-refractivity contribution is 7.89. The van der Waals surface area contributed by atoms with Crippen LogP contribution in [0, 0.1) is 12.3 Å². The third-order valence-corrected chi connectivity index (χ3v) is 6.83. The van der Waals surface area contributed by atoms with Gasteiger partial charge in [-0.05, 0) is 41.8 Å². The molecule has 1 heterocycles. The maximum absolute atomic E-state index is 12.9. The fourth-order valence-electron chi connectivity index (χ4n) is 3.50. The predicted octanol–water partition coefficient (Wildman–Crippen LogP) is 2.32. The van der Waals surface area contributed by atoms with Crippen LogP contribution in [-0.4, -0.2) is 62.8 Å². The molecule has 1 aliphatic rings. The zero-order valence-corrected chi connectivity index (χ0v) is 19.1. The number of benzene rings is 2. The summed E-state index contributed by atoms with van der Waals surface area (Å²) >= 11 is 0. The van der Waals surface area contributed by atoms with Gasteiger partial charge in [-0.1, -0.05) is 38.0 Å². The van der Waals surface area contributed by atoms with Crippen LogP contribution in [0.25, 0.3) is 0 Å². The average molecular weight is 454 g/mol. The highest BCUT2D eigenvalue weighted by Crippen LogP contribution is 2.18. The van der Waals surface area contributed by atoms with Gasteiger partial charge in [0.25, 0.3) is 11.8 Å². The minimum atomic E-state index is -3.78. The third-order valence-electron chi connectivity index (χ3n) is 5.43. The van der Waals surface area contributed by atoms with E-state index in [9.17, 15) is 18.0 Å². The lowest BCUT2D eigenvalue weighted by molar-refractivity contribution is 0.0535. The van der Waals surface area contributed by atoms with Crippen LogP contribution < -0.4 is 4.72 Å². The van der Waals surface area contributed by atoms with Crippen molar-refractivity contribution >= 4 is 21.8 Å². The molecular formula is C24H27N3O4S. The minimum absolute atomic E-state index is 0.0164. The Hall–Kier alpha value is -3.15. The summed E-state index contributed by atoms with van der Waals surface area (Å²) in [6, 6.07) is 13.5. The van der Waals surface area contributed by atoms with Crippen LogP contribution in [0.5, 0.6) is 0 Å². The van der Waals surface area contributed by atoms with Crippen LogP contribution in [0.2, 0.25) is 0 Å². The van der Waals surface area contributed by atoms with Gasteiger partial charge >= 0.3 is 0 Å². The largest absolute Gasteiger partial charge is 0.335 e. The molecule has 3 rings (SSSR count). The van der Waals surface area contributed by atoms with Crippen LogP contribution in [0.15, 0.2) is 53.4 Å². The first kappa shape index (κ1) is 23.5. The molecule has 0 bridgehead atoms. The lowest BCUT2D eigenvalue weighted by Gasteiger charge is -2.35. The number of hydrogen-bond donors (Lipinski definition) is 1. The van der Waals surface area contributed by atoms with Gasteiger partial charge in [0.1, 0.15) is 0 Å². The van der Waals surface area contributed by atoms with Crippen molar-refractivity contribution in [2.75, 3.05) is 32.7 Å². The Balaban J connectivity index is 1.64. The van der Waals surface area contributed by atoms with Crippen LogP contribution in [0.4, 0.5) is 0 Å². The van der Waals surface area contributed by atoms with E-state index in [2.05, 4.69) is 24.5 Å². The first-order valence-corrected chi connectivity index (χ1v) is 11.9. The summed E-state index contributed by atoms with van der Waals surface area (Å²) < 4.78 is 26.8. The Bertz CT molecular complexity index is 1130. The van der Waals surface area contributed by atoms with Crippen molar-refractivity contribution in [3.05, 3.63) is 65.2 Å². The van der Waals surface area contributed by atoms with Crippen LogP contribution in [0.3, 0.4) is 0 Å². The standard InChI is InChI=1S/C24H27N3O4S/c1-4-12-25-32(30,31)22-7-5-6-21(17-22)24(29)27-15-13-26(14-16-27)23(28)20-10-8-19(9-11-20)18(2)3/h1,5-11,17-18,25H,12-16H2,2-3H3. The number of piperazine rings is 1. The van der Waals surface area contributed by atoms with E-state index in [1.807, 2.05) is 24.3 Å². The first-order chi connectivity index (χ1) is 15.2. The molecule has 2 aromatic rings. The summed E-state index contributed by atoms with van der Waals surface area (Å²) in [5.74, 6) is 2.29. The number of sulfonamides is 1. The molecule has 1 fully saturated rings. The molecule has 0 aromatic heterocycles. The van der Waals surface area contributed by atoms with Crippen LogP contribution in [0.1, 0.15) is 46.0 Å². The molecule has 2 amide bonds. The third kappa shape index (κ3) is 5.36. The summed E-state index contributed by atoms with van der Waals surface area (Å²) in [6.45, 7) is 5.66. The summed E-state index contributed by atoms with van der Waals surface area (Å²) in [6.07, 6.45) is 5.11. The summed E-state index contributed by atoms with van der Waals surface area (Å²) in [5, 5.41) is 0. The Labute approximate surface area is 189 Å². The second-order valence-corrected chi connectivity index (χ2v) is 9.68. The molecular weight excluding hydrogens is 426 g/mol. The Morgan fingerprint density at radius 1 is 0.969 bits per heavy atom.